The van der Waals surface area contributed by atoms with Crippen molar-refractivity contribution in [1.29, 1.82) is 0 Å². The van der Waals surface area contributed by atoms with Gasteiger partial charge in [-0.25, -0.2) is 0 Å². The van der Waals surface area contributed by atoms with Crippen molar-refractivity contribution in [1.82, 2.24) is 4.98 Å². The Morgan fingerprint density at radius 2 is 2.14 bits per heavy atom. The van der Waals surface area contributed by atoms with Crippen LogP contribution in [0.2, 0.25) is 0 Å². The minimum atomic E-state index is 0.0494. The summed E-state index contributed by atoms with van der Waals surface area (Å²) in [5.74, 6) is 0.475. The molecule has 2 aromatic rings. The number of anilines is 1. The van der Waals surface area contributed by atoms with Crippen LogP contribution in [0, 0.1) is 11.8 Å². The number of carbonyl (C=O) groups is 1. The maximum absolute atomic E-state index is 12.5. The lowest BCUT2D eigenvalue weighted by molar-refractivity contribution is -0.122. The topological polar surface area (TPSA) is 68.0 Å². The van der Waals surface area contributed by atoms with Crippen LogP contribution < -0.4 is 11.1 Å². The Labute approximate surface area is 124 Å². The van der Waals surface area contributed by atoms with Gasteiger partial charge >= 0.3 is 0 Å². The van der Waals surface area contributed by atoms with Gasteiger partial charge < -0.3 is 11.1 Å². The molecule has 1 aromatic heterocycles. The molecule has 3 N–H and O–H groups in total. The Bertz CT molecular complexity index is 641. The number of amides is 1. The number of rotatable bonds is 3. The molecule has 4 nitrogen and oxygen atoms in total. The normalized spacial score (nSPS) is 22.1. The summed E-state index contributed by atoms with van der Waals surface area (Å²) in [6, 6.07) is 9.72. The molecule has 1 amide bonds. The second-order valence-corrected chi connectivity index (χ2v) is 5.79. The molecule has 2 atom stereocenters. The molecule has 4 heteroatoms. The maximum Gasteiger partial charge on any atom is 0.227 e. The minimum Gasteiger partial charge on any atom is -0.330 e. The van der Waals surface area contributed by atoms with Gasteiger partial charge in [-0.05, 0) is 49.6 Å². The number of hydrogen-bond acceptors (Lipinski definition) is 3. The van der Waals surface area contributed by atoms with Crippen molar-refractivity contribution < 1.29 is 4.79 Å². The summed E-state index contributed by atoms with van der Waals surface area (Å²) in [5.41, 5.74) is 7.58. The molecule has 21 heavy (non-hydrogen) atoms. The number of carbonyl (C=O) groups excluding carboxylic acids is 1. The molecule has 1 aliphatic carbocycles. The van der Waals surface area contributed by atoms with E-state index in [1.54, 1.807) is 6.20 Å². The quantitative estimate of drug-likeness (QED) is 0.910. The molecule has 1 aromatic carbocycles. The van der Waals surface area contributed by atoms with Gasteiger partial charge in [0.05, 0.1) is 5.52 Å². The van der Waals surface area contributed by atoms with Gasteiger partial charge in [-0.3, -0.25) is 9.78 Å². The number of hydrogen-bond donors (Lipinski definition) is 2. The van der Waals surface area contributed by atoms with Crippen LogP contribution in [0.25, 0.3) is 10.9 Å². The highest BCUT2D eigenvalue weighted by molar-refractivity contribution is 5.95. The first kappa shape index (κ1) is 14.0. The number of nitrogens with zero attached hydrogens (tertiary/aromatic N) is 1. The van der Waals surface area contributed by atoms with Crippen molar-refractivity contribution in [2.24, 2.45) is 17.6 Å². The summed E-state index contributed by atoms with van der Waals surface area (Å²) in [5, 5.41) is 4.08. The van der Waals surface area contributed by atoms with Gasteiger partial charge in [0, 0.05) is 23.2 Å². The van der Waals surface area contributed by atoms with Crippen LogP contribution in [-0.2, 0) is 4.79 Å². The van der Waals surface area contributed by atoms with Crippen LogP contribution in [0.5, 0.6) is 0 Å². The molecule has 2 unspecified atom stereocenters. The molecular formula is C17H21N3O. The zero-order chi connectivity index (χ0) is 14.7. The standard InChI is InChI=1S/C17H21N3O/c18-11-13-4-1-2-6-15(13)17(21)20-14-7-8-16-12(10-14)5-3-9-19-16/h3,5,7-10,13,15H,1-2,4,6,11,18H2,(H,20,21). The van der Waals surface area contributed by atoms with E-state index in [1.807, 2.05) is 30.3 Å². The lowest BCUT2D eigenvalue weighted by atomic mass is 9.78. The summed E-state index contributed by atoms with van der Waals surface area (Å²) in [6.07, 6.45) is 6.09. The third-order valence-electron chi connectivity index (χ3n) is 4.42. The number of pyridine rings is 1. The van der Waals surface area contributed by atoms with E-state index >= 15 is 0 Å². The van der Waals surface area contributed by atoms with Gasteiger partial charge in [0.1, 0.15) is 0 Å². The van der Waals surface area contributed by atoms with E-state index < -0.39 is 0 Å². The molecule has 0 spiro atoms. The van der Waals surface area contributed by atoms with E-state index in [-0.39, 0.29) is 11.8 Å². The maximum atomic E-state index is 12.5. The molecule has 0 radical (unpaired) electrons. The molecule has 1 heterocycles. The summed E-state index contributed by atoms with van der Waals surface area (Å²) in [6.45, 7) is 0.597. The SMILES string of the molecule is NCC1CCCCC1C(=O)Nc1ccc2ncccc2c1. The number of fused-ring (bicyclic) bond motifs is 1. The number of benzene rings is 1. The van der Waals surface area contributed by atoms with Gasteiger partial charge in [-0.2, -0.15) is 0 Å². The summed E-state index contributed by atoms with van der Waals surface area (Å²) >= 11 is 0. The third-order valence-corrected chi connectivity index (χ3v) is 4.42. The highest BCUT2D eigenvalue weighted by Gasteiger charge is 2.29. The second-order valence-electron chi connectivity index (χ2n) is 5.79. The van der Waals surface area contributed by atoms with Crippen LogP contribution in [0.15, 0.2) is 36.5 Å². The minimum absolute atomic E-state index is 0.0494. The van der Waals surface area contributed by atoms with Crippen LogP contribution in [0.3, 0.4) is 0 Å². The second kappa shape index (κ2) is 6.22. The number of nitrogens with two attached hydrogens (primary N) is 1. The van der Waals surface area contributed by atoms with Crippen LogP contribution in [0.4, 0.5) is 5.69 Å². The van der Waals surface area contributed by atoms with E-state index in [2.05, 4.69) is 10.3 Å². The summed E-state index contributed by atoms with van der Waals surface area (Å²) < 4.78 is 0. The zero-order valence-electron chi connectivity index (χ0n) is 12.1. The van der Waals surface area contributed by atoms with Crippen LogP contribution in [0.1, 0.15) is 25.7 Å². The van der Waals surface area contributed by atoms with E-state index in [1.165, 1.54) is 6.42 Å². The number of aromatic nitrogens is 1. The fraction of sp³-hybridized carbons (Fsp3) is 0.412. The first-order valence-corrected chi connectivity index (χ1v) is 7.63. The molecule has 0 saturated heterocycles. The predicted molar refractivity (Wildman–Crippen MR) is 84.9 cm³/mol. The Kier molecular flexibility index (Phi) is 4.15. The van der Waals surface area contributed by atoms with Crippen molar-refractivity contribution in [3.63, 3.8) is 0 Å². The van der Waals surface area contributed by atoms with E-state index in [9.17, 15) is 4.79 Å². The fourth-order valence-corrected chi connectivity index (χ4v) is 3.22. The first-order valence-electron chi connectivity index (χ1n) is 7.63. The molecule has 3 rings (SSSR count). The Morgan fingerprint density at radius 1 is 1.29 bits per heavy atom. The Morgan fingerprint density at radius 3 is 3.00 bits per heavy atom. The average molecular weight is 283 g/mol. The lowest BCUT2D eigenvalue weighted by Gasteiger charge is -2.29. The van der Waals surface area contributed by atoms with E-state index in [0.717, 1.165) is 35.9 Å². The summed E-state index contributed by atoms with van der Waals surface area (Å²) in [7, 11) is 0. The third kappa shape index (κ3) is 3.05. The zero-order valence-corrected chi connectivity index (χ0v) is 12.1. The fourth-order valence-electron chi connectivity index (χ4n) is 3.22. The first-order chi connectivity index (χ1) is 10.3. The molecule has 1 fully saturated rings. The largest absolute Gasteiger partial charge is 0.330 e. The molecule has 1 saturated carbocycles. The van der Waals surface area contributed by atoms with E-state index in [0.29, 0.717) is 12.5 Å². The lowest BCUT2D eigenvalue weighted by Crippen LogP contribution is -2.35. The Hall–Kier alpha value is -1.94. The smallest absolute Gasteiger partial charge is 0.227 e. The van der Waals surface area contributed by atoms with Gasteiger partial charge in [0.2, 0.25) is 5.91 Å². The average Bonchev–Trinajstić information content (AvgIpc) is 2.54. The molecule has 0 aliphatic heterocycles. The Balaban J connectivity index is 1.76. The molecule has 1 aliphatic rings. The molecule has 110 valence electrons. The summed E-state index contributed by atoms with van der Waals surface area (Å²) in [4.78, 5) is 16.8. The predicted octanol–water partition coefficient (Wildman–Crippen LogP) is 2.94. The number of nitrogens with one attached hydrogen (secondary N) is 1. The van der Waals surface area contributed by atoms with Crippen molar-refractivity contribution in [3.8, 4) is 0 Å². The van der Waals surface area contributed by atoms with Crippen LogP contribution in [-0.4, -0.2) is 17.4 Å². The van der Waals surface area contributed by atoms with Crippen molar-refractivity contribution in [2.75, 3.05) is 11.9 Å². The van der Waals surface area contributed by atoms with Gasteiger partial charge in [0.25, 0.3) is 0 Å². The van der Waals surface area contributed by atoms with Crippen molar-refractivity contribution in [2.45, 2.75) is 25.7 Å². The highest BCUT2D eigenvalue weighted by Crippen LogP contribution is 2.30. The van der Waals surface area contributed by atoms with Crippen molar-refractivity contribution >= 4 is 22.5 Å². The van der Waals surface area contributed by atoms with Gasteiger partial charge in [-0.15, -0.1) is 0 Å². The molecule has 0 bridgehead atoms. The molecular weight excluding hydrogens is 262 g/mol. The highest BCUT2D eigenvalue weighted by atomic mass is 16.1. The van der Waals surface area contributed by atoms with Gasteiger partial charge in [0.15, 0.2) is 0 Å². The van der Waals surface area contributed by atoms with Crippen LogP contribution >= 0.6 is 0 Å². The monoisotopic (exact) mass is 283 g/mol. The van der Waals surface area contributed by atoms with E-state index in [4.69, 9.17) is 5.73 Å². The van der Waals surface area contributed by atoms with Crippen molar-refractivity contribution in [3.05, 3.63) is 36.5 Å². The van der Waals surface area contributed by atoms with Gasteiger partial charge in [-0.1, -0.05) is 18.9 Å².